The first-order valence-electron chi connectivity index (χ1n) is 12.7. The highest BCUT2D eigenvalue weighted by Gasteiger charge is 2.28. The van der Waals surface area contributed by atoms with Gasteiger partial charge in [-0.05, 0) is 58.5 Å². The van der Waals surface area contributed by atoms with Gasteiger partial charge in [0.15, 0.2) is 11.4 Å². The summed E-state index contributed by atoms with van der Waals surface area (Å²) < 4.78 is 2.51. The number of ketones is 1. The van der Waals surface area contributed by atoms with Crippen molar-refractivity contribution in [3.63, 3.8) is 0 Å². The third-order valence-electron chi connectivity index (χ3n) is 7.33. The molecular weight excluding hydrogens is 546 g/mol. The Morgan fingerprint density at radius 1 is 1.08 bits per heavy atom. The molecule has 4 aromatic rings. The third kappa shape index (κ3) is 4.58. The van der Waals surface area contributed by atoms with E-state index in [1.54, 1.807) is 22.8 Å². The smallest absolute Gasteiger partial charge is 0.250 e. The fourth-order valence-electron chi connectivity index (χ4n) is 5.23. The van der Waals surface area contributed by atoms with E-state index in [-0.39, 0.29) is 17.4 Å². The minimum absolute atomic E-state index is 0.0381. The highest BCUT2D eigenvalue weighted by molar-refractivity contribution is 9.10. The van der Waals surface area contributed by atoms with Crippen LogP contribution in [-0.4, -0.2) is 55.9 Å². The Morgan fingerprint density at radius 2 is 1.82 bits per heavy atom. The molecule has 3 heterocycles. The van der Waals surface area contributed by atoms with E-state index in [1.807, 2.05) is 47.4 Å². The van der Waals surface area contributed by atoms with Crippen LogP contribution in [0.25, 0.3) is 16.9 Å². The largest absolute Gasteiger partial charge is 0.507 e. The van der Waals surface area contributed by atoms with Gasteiger partial charge in [-0.25, -0.2) is 4.98 Å². The van der Waals surface area contributed by atoms with Crippen molar-refractivity contribution in [2.75, 3.05) is 25.0 Å². The summed E-state index contributed by atoms with van der Waals surface area (Å²) in [5.74, 6) is 1.19. The third-order valence-corrected chi connectivity index (χ3v) is 7.89. The van der Waals surface area contributed by atoms with Crippen LogP contribution in [-0.2, 0) is 11.2 Å². The number of halogens is 1. The van der Waals surface area contributed by atoms with Crippen LogP contribution in [0.15, 0.2) is 76.9 Å². The maximum absolute atomic E-state index is 13.2. The Kier molecular flexibility index (Phi) is 6.45. The van der Waals surface area contributed by atoms with Crippen LogP contribution in [0, 0.1) is 5.92 Å². The lowest BCUT2D eigenvalue weighted by atomic mass is 9.89. The molecule has 1 aliphatic heterocycles. The number of piperidine rings is 1. The number of fused-ring (bicyclic) bond motifs is 2. The molecule has 192 valence electrons. The second kappa shape index (κ2) is 10.1. The average molecular weight is 572 g/mol. The lowest BCUT2D eigenvalue weighted by Gasteiger charge is -2.33. The lowest BCUT2D eigenvalue weighted by molar-refractivity contribution is -0.128. The molecule has 0 bridgehead atoms. The van der Waals surface area contributed by atoms with Crippen LogP contribution < -0.4 is 5.32 Å². The number of carbonyl (C=O) groups excluding carboxylic acids is 2. The van der Waals surface area contributed by atoms with Gasteiger partial charge in [0.05, 0.1) is 16.4 Å². The van der Waals surface area contributed by atoms with Crippen molar-refractivity contribution in [1.29, 1.82) is 0 Å². The summed E-state index contributed by atoms with van der Waals surface area (Å²) >= 11 is 3.52. The average Bonchev–Trinajstić information content (AvgIpc) is 3.32. The van der Waals surface area contributed by atoms with Gasteiger partial charge in [-0.3, -0.25) is 9.59 Å². The predicted octanol–water partition coefficient (Wildman–Crippen LogP) is 4.88. The van der Waals surface area contributed by atoms with Crippen molar-refractivity contribution in [2.24, 2.45) is 5.92 Å². The molecule has 38 heavy (non-hydrogen) atoms. The van der Waals surface area contributed by atoms with Crippen LogP contribution in [0.1, 0.15) is 28.8 Å². The molecule has 8 nitrogen and oxygen atoms in total. The van der Waals surface area contributed by atoms with Gasteiger partial charge in [0.25, 0.3) is 0 Å². The second-order valence-corrected chi connectivity index (χ2v) is 10.6. The molecule has 1 amide bonds. The number of allylic oxidation sites excluding steroid dienone is 1. The summed E-state index contributed by atoms with van der Waals surface area (Å²) in [7, 11) is 0. The molecule has 6 rings (SSSR count). The first-order chi connectivity index (χ1) is 18.5. The number of carbonyl (C=O) groups is 2. The number of para-hydroxylation sites is 1. The summed E-state index contributed by atoms with van der Waals surface area (Å²) in [6.07, 6.45) is 5.44. The minimum atomic E-state index is -0.0913. The molecule has 0 saturated carbocycles. The van der Waals surface area contributed by atoms with Crippen molar-refractivity contribution in [3.05, 3.63) is 88.0 Å². The Hall–Kier alpha value is -3.98. The zero-order valence-corrected chi connectivity index (χ0v) is 22.2. The molecule has 9 heteroatoms. The summed E-state index contributed by atoms with van der Waals surface area (Å²) in [5.41, 5.74) is 4.14. The Balaban J connectivity index is 1.12. The van der Waals surface area contributed by atoms with Gasteiger partial charge >= 0.3 is 0 Å². The van der Waals surface area contributed by atoms with E-state index >= 15 is 0 Å². The van der Waals surface area contributed by atoms with Crippen molar-refractivity contribution < 1.29 is 14.7 Å². The van der Waals surface area contributed by atoms with Gasteiger partial charge in [-0.2, -0.15) is 9.61 Å². The minimum Gasteiger partial charge on any atom is -0.507 e. The molecule has 2 N–H and O–H groups in total. The number of anilines is 1. The van der Waals surface area contributed by atoms with Gasteiger partial charge in [-0.15, -0.1) is 0 Å². The van der Waals surface area contributed by atoms with E-state index in [0.29, 0.717) is 60.0 Å². The number of nitrogens with one attached hydrogen (secondary N) is 1. The lowest BCUT2D eigenvalue weighted by Crippen LogP contribution is -2.41. The Morgan fingerprint density at radius 3 is 2.61 bits per heavy atom. The van der Waals surface area contributed by atoms with Crippen molar-refractivity contribution in [2.45, 2.75) is 19.3 Å². The van der Waals surface area contributed by atoms with Gasteiger partial charge in [0.1, 0.15) is 11.6 Å². The molecule has 2 aromatic heterocycles. The number of hydrogen-bond acceptors (Lipinski definition) is 6. The zero-order valence-electron chi connectivity index (χ0n) is 20.6. The number of rotatable bonds is 5. The molecule has 1 aliphatic carbocycles. The summed E-state index contributed by atoms with van der Waals surface area (Å²) in [4.78, 5) is 32.3. The Labute approximate surface area is 228 Å². The van der Waals surface area contributed by atoms with E-state index in [0.717, 1.165) is 28.7 Å². The van der Waals surface area contributed by atoms with Crippen molar-refractivity contribution in [3.8, 4) is 17.0 Å². The topological polar surface area (TPSA) is 99.8 Å². The van der Waals surface area contributed by atoms with Crippen LogP contribution in [0.5, 0.6) is 5.75 Å². The van der Waals surface area contributed by atoms with Gasteiger partial charge < -0.3 is 15.3 Å². The number of benzene rings is 2. The number of amides is 1. The quantitative estimate of drug-likeness (QED) is 0.354. The number of aromatic nitrogens is 3. The number of likely N-dealkylation sites (tertiary alicyclic amines) is 1. The van der Waals surface area contributed by atoms with E-state index in [2.05, 4.69) is 26.3 Å². The fraction of sp³-hybridized carbons (Fsp3) is 0.241. The number of hydrogen-bond donors (Lipinski definition) is 2. The molecule has 2 aliphatic rings. The number of phenols is 1. The number of nitrogens with zero attached hydrogens (tertiary/aromatic N) is 4. The monoisotopic (exact) mass is 571 g/mol. The molecular formula is C29H26BrN5O3. The van der Waals surface area contributed by atoms with Crippen LogP contribution in [0.3, 0.4) is 0 Å². The van der Waals surface area contributed by atoms with E-state index in [1.165, 1.54) is 6.08 Å². The van der Waals surface area contributed by atoms with E-state index in [4.69, 9.17) is 4.98 Å². The normalized spacial score (nSPS) is 15.9. The Bertz CT molecular complexity index is 1590. The van der Waals surface area contributed by atoms with Gasteiger partial charge in [0.2, 0.25) is 5.91 Å². The summed E-state index contributed by atoms with van der Waals surface area (Å²) in [5, 5.41) is 18.3. The standard InChI is InChI=1S/C29H26BrN5O3/c30-23-17-32-35-27(15-24(33-28(23)35)22-7-3-4-8-25(22)36)31-16-18-9-11-34(12-10-18)29(38)20-13-19-5-1-2-6-21(19)26(37)14-20/h1-8,14-15,17-18,31,36H,9-13,16H2. The molecule has 0 atom stereocenters. The SMILES string of the molecule is O=C1C=C(C(=O)N2CCC(CNc3cc(-c4ccccc4O)nc4c(Br)cnn34)CC2)Cc2ccccc21. The number of aromatic hydroxyl groups is 1. The fourth-order valence-corrected chi connectivity index (χ4v) is 5.57. The molecule has 2 aromatic carbocycles. The number of phenolic OH excluding ortho intramolecular Hbond substituents is 1. The molecule has 1 saturated heterocycles. The highest BCUT2D eigenvalue weighted by atomic mass is 79.9. The van der Waals surface area contributed by atoms with Gasteiger partial charge in [-0.1, -0.05) is 36.4 Å². The maximum atomic E-state index is 13.2. The molecule has 0 spiro atoms. The van der Waals surface area contributed by atoms with Crippen molar-refractivity contribution in [1.82, 2.24) is 19.5 Å². The van der Waals surface area contributed by atoms with E-state index < -0.39 is 0 Å². The zero-order chi connectivity index (χ0) is 26.2. The molecule has 0 unspecified atom stereocenters. The molecule has 1 fully saturated rings. The molecule has 0 radical (unpaired) electrons. The van der Waals surface area contributed by atoms with Crippen LogP contribution >= 0.6 is 15.9 Å². The first-order valence-corrected chi connectivity index (χ1v) is 13.5. The second-order valence-electron chi connectivity index (χ2n) is 9.76. The van der Waals surface area contributed by atoms with Crippen molar-refractivity contribution >= 4 is 39.1 Å². The van der Waals surface area contributed by atoms with E-state index in [9.17, 15) is 14.7 Å². The predicted molar refractivity (Wildman–Crippen MR) is 148 cm³/mol. The maximum Gasteiger partial charge on any atom is 0.250 e. The highest BCUT2D eigenvalue weighted by Crippen LogP contribution is 2.31. The van der Waals surface area contributed by atoms with Gasteiger partial charge in [0, 0.05) is 48.8 Å². The summed E-state index contributed by atoms with van der Waals surface area (Å²) in [6, 6.07) is 16.5. The van der Waals surface area contributed by atoms with Crippen LogP contribution in [0.4, 0.5) is 5.82 Å². The summed E-state index contributed by atoms with van der Waals surface area (Å²) in [6.45, 7) is 2.02. The van der Waals surface area contributed by atoms with Crippen LogP contribution in [0.2, 0.25) is 0 Å². The first kappa shape index (κ1) is 24.4.